The fraction of sp³-hybridized carbons (Fsp3) is 0.308. The first kappa shape index (κ1) is 22.9. The summed E-state index contributed by atoms with van der Waals surface area (Å²) in [6.07, 6.45) is -1.86. The summed E-state index contributed by atoms with van der Waals surface area (Å²) in [5, 5.41) is 4.13. The van der Waals surface area contributed by atoms with Crippen LogP contribution in [0.2, 0.25) is 0 Å². The smallest absolute Gasteiger partial charge is 0.184 e. The molecule has 2 fully saturated rings. The average Bonchev–Trinajstić information content (AvgIpc) is 2.90. The molecule has 7 nitrogen and oxygen atoms in total. The summed E-state index contributed by atoms with van der Waals surface area (Å²) in [5.41, 5.74) is 10.9. The van der Waals surface area contributed by atoms with Gasteiger partial charge < -0.3 is 18.9 Å². The highest BCUT2D eigenvalue weighted by Gasteiger charge is 2.50. The lowest BCUT2D eigenvalue weighted by atomic mass is 9.97. The fourth-order valence-electron chi connectivity index (χ4n) is 4.21. The SMILES string of the molecule is [N-]=[N+]=N[C@H]1[C@@H](OCc2ccccc2)[C@@H]2OC(c3ccccc3)OC[C@H]2O[C@@H]1Sc1ccccc1. The van der Waals surface area contributed by atoms with Gasteiger partial charge in [-0.3, -0.25) is 0 Å². The molecule has 0 N–H and O–H groups in total. The van der Waals surface area contributed by atoms with Gasteiger partial charge in [0.05, 0.1) is 19.3 Å². The molecule has 3 aromatic carbocycles. The van der Waals surface area contributed by atoms with Crippen molar-refractivity contribution < 1.29 is 18.9 Å². The van der Waals surface area contributed by atoms with Gasteiger partial charge >= 0.3 is 0 Å². The minimum Gasteiger partial charge on any atom is -0.370 e. The molecule has 6 atom stereocenters. The molecule has 34 heavy (non-hydrogen) atoms. The number of ether oxygens (including phenoxy) is 4. The van der Waals surface area contributed by atoms with Gasteiger partial charge in [0.2, 0.25) is 0 Å². The normalized spacial score (nSPS) is 28.5. The Morgan fingerprint density at radius 1 is 0.912 bits per heavy atom. The molecule has 2 aliphatic rings. The van der Waals surface area contributed by atoms with Crippen molar-refractivity contribution in [2.24, 2.45) is 5.11 Å². The molecule has 3 aromatic rings. The molecule has 2 heterocycles. The highest BCUT2D eigenvalue weighted by molar-refractivity contribution is 7.99. The van der Waals surface area contributed by atoms with Crippen molar-refractivity contribution in [1.82, 2.24) is 0 Å². The minimum absolute atomic E-state index is 0.351. The third-order valence-electron chi connectivity index (χ3n) is 5.84. The Kier molecular flexibility index (Phi) is 7.46. The van der Waals surface area contributed by atoms with E-state index in [9.17, 15) is 5.53 Å². The van der Waals surface area contributed by atoms with Crippen LogP contribution in [-0.4, -0.2) is 36.4 Å². The van der Waals surface area contributed by atoms with Gasteiger partial charge in [-0.1, -0.05) is 95.7 Å². The lowest BCUT2D eigenvalue weighted by molar-refractivity contribution is -0.311. The molecular formula is C26H25N3O4S. The zero-order valence-electron chi connectivity index (χ0n) is 18.4. The molecule has 0 spiro atoms. The zero-order valence-corrected chi connectivity index (χ0v) is 19.2. The number of nitrogens with zero attached hydrogens (tertiary/aromatic N) is 3. The summed E-state index contributed by atoms with van der Waals surface area (Å²) < 4.78 is 25.2. The van der Waals surface area contributed by atoms with Crippen LogP contribution in [0.4, 0.5) is 0 Å². The number of rotatable bonds is 7. The lowest BCUT2D eigenvalue weighted by Gasteiger charge is -2.48. The first-order chi connectivity index (χ1) is 16.8. The maximum atomic E-state index is 9.40. The molecule has 0 aromatic heterocycles. The van der Waals surface area contributed by atoms with Gasteiger partial charge in [0, 0.05) is 15.4 Å². The number of thioether (sulfide) groups is 1. The van der Waals surface area contributed by atoms with Gasteiger partial charge in [-0.25, -0.2) is 0 Å². The van der Waals surface area contributed by atoms with Gasteiger partial charge in [-0.2, -0.15) is 0 Å². The van der Waals surface area contributed by atoms with Crippen molar-refractivity contribution in [2.75, 3.05) is 6.61 Å². The number of benzene rings is 3. The van der Waals surface area contributed by atoms with Crippen LogP contribution < -0.4 is 0 Å². The van der Waals surface area contributed by atoms with Crippen LogP contribution in [0, 0.1) is 0 Å². The van der Waals surface area contributed by atoms with Crippen LogP contribution in [0.15, 0.2) is 101 Å². The predicted octanol–water partition coefficient (Wildman–Crippen LogP) is 5.88. The summed E-state index contributed by atoms with van der Waals surface area (Å²) in [6.45, 7) is 0.722. The Labute approximate surface area is 202 Å². The highest BCUT2D eigenvalue weighted by atomic mass is 32.2. The second kappa shape index (κ2) is 11.1. The molecule has 174 valence electrons. The monoisotopic (exact) mass is 475 g/mol. The Hall–Kier alpha value is -2.84. The number of hydrogen-bond acceptors (Lipinski definition) is 6. The van der Waals surface area contributed by atoms with E-state index in [0.717, 1.165) is 16.0 Å². The van der Waals surface area contributed by atoms with Crippen molar-refractivity contribution in [3.05, 3.63) is 113 Å². The fourth-order valence-corrected chi connectivity index (χ4v) is 5.34. The second-order valence-electron chi connectivity index (χ2n) is 8.11. The highest BCUT2D eigenvalue weighted by Crippen LogP contribution is 2.41. The Morgan fingerprint density at radius 2 is 1.59 bits per heavy atom. The summed E-state index contributed by atoms with van der Waals surface area (Å²) in [5.74, 6) is 0. The van der Waals surface area contributed by atoms with Crippen molar-refractivity contribution in [2.45, 2.75) is 47.6 Å². The Bertz CT molecular complexity index is 1100. The summed E-state index contributed by atoms with van der Waals surface area (Å²) in [4.78, 5) is 4.16. The minimum atomic E-state index is -0.588. The van der Waals surface area contributed by atoms with Gasteiger partial charge in [0.1, 0.15) is 23.7 Å². The van der Waals surface area contributed by atoms with E-state index in [0.29, 0.717) is 13.2 Å². The maximum absolute atomic E-state index is 9.40. The first-order valence-corrected chi connectivity index (χ1v) is 12.1. The van der Waals surface area contributed by atoms with Gasteiger partial charge in [-0.05, 0) is 23.2 Å². The molecule has 2 saturated heterocycles. The number of azide groups is 1. The molecule has 0 amide bonds. The molecule has 1 unspecified atom stereocenters. The first-order valence-electron chi connectivity index (χ1n) is 11.2. The van der Waals surface area contributed by atoms with Crippen molar-refractivity contribution in [1.29, 1.82) is 0 Å². The summed E-state index contributed by atoms with van der Waals surface area (Å²) >= 11 is 1.51. The van der Waals surface area contributed by atoms with E-state index in [-0.39, 0.29) is 6.10 Å². The Balaban J connectivity index is 1.43. The molecule has 8 heteroatoms. The number of fused-ring (bicyclic) bond motifs is 1. The average molecular weight is 476 g/mol. The van der Waals surface area contributed by atoms with E-state index in [1.165, 1.54) is 11.8 Å². The standard InChI is InChI=1S/C26H25N3O4S/c27-29-28-22-24(30-16-18-10-4-1-5-11-18)23-21(32-26(22)34-20-14-8-3-9-15-20)17-31-25(33-23)19-12-6-2-7-13-19/h1-15,21-26H,16-17H2/t21-,22+,23-,24-,25?,26-/m1/s1. The number of hydrogen-bond donors (Lipinski definition) is 0. The summed E-state index contributed by atoms with van der Waals surface area (Å²) in [7, 11) is 0. The van der Waals surface area contributed by atoms with Gasteiger partial charge in [0.25, 0.3) is 0 Å². The molecule has 0 saturated carbocycles. The van der Waals surface area contributed by atoms with E-state index in [4.69, 9.17) is 18.9 Å². The van der Waals surface area contributed by atoms with Crippen LogP contribution >= 0.6 is 11.8 Å². The van der Waals surface area contributed by atoms with E-state index in [2.05, 4.69) is 10.0 Å². The Morgan fingerprint density at radius 3 is 2.29 bits per heavy atom. The third-order valence-corrected chi connectivity index (χ3v) is 7.01. The quantitative estimate of drug-likeness (QED) is 0.242. The maximum Gasteiger partial charge on any atom is 0.184 e. The predicted molar refractivity (Wildman–Crippen MR) is 129 cm³/mol. The van der Waals surface area contributed by atoms with Crippen LogP contribution in [0.5, 0.6) is 0 Å². The molecule has 5 rings (SSSR count). The third kappa shape index (κ3) is 5.28. The molecule has 0 bridgehead atoms. The van der Waals surface area contributed by atoms with Gasteiger partial charge in [-0.15, -0.1) is 0 Å². The van der Waals surface area contributed by atoms with E-state index >= 15 is 0 Å². The van der Waals surface area contributed by atoms with E-state index in [1.54, 1.807) is 0 Å². The lowest BCUT2D eigenvalue weighted by Crippen LogP contribution is -2.61. The summed E-state index contributed by atoms with van der Waals surface area (Å²) in [6, 6.07) is 29.0. The molecule has 2 aliphatic heterocycles. The zero-order chi connectivity index (χ0) is 23.2. The molecule has 0 radical (unpaired) electrons. The van der Waals surface area contributed by atoms with Crippen molar-refractivity contribution >= 4 is 11.8 Å². The van der Waals surface area contributed by atoms with E-state index < -0.39 is 30.0 Å². The second-order valence-corrected chi connectivity index (χ2v) is 9.28. The van der Waals surface area contributed by atoms with Crippen LogP contribution in [0.3, 0.4) is 0 Å². The van der Waals surface area contributed by atoms with Crippen molar-refractivity contribution in [3.8, 4) is 0 Å². The van der Waals surface area contributed by atoms with Crippen LogP contribution in [-0.2, 0) is 25.6 Å². The molecular weight excluding hydrogens is 450 g/mol. The molecule has 0 aliphatic carbocycles. The van der Waals surface area contributed by atoms with Crippen molar-refractivity contribution in [3.63, 3.8) is 0 Å². The topological polar surface area (TPSA) is 85.7 Å². The largest absolute Gasteiger partial charge is 0.370 e. The van der Waals surface area contributed by atoms with Crippen LogP contribution in [0.25, 0.3) is 10.4 Å². The van der Waals surface area contributed by atoms with Gasteiger partial charge in [0.15, 0.2) is 6.29 Å². The van der Waals surface area contributed by atoms with E-state index in [1.807, 2.05) is 91.0 Å². The van der Waals surface area contributed by atoms with Crippen LogP contribution in [0.1, 0.15) is 17.4 Å².